The Morgan fingerprint density at radius 1 is 1.50 bits per heavy atom. The Labute approximate surface area is 93.1 Å². The van der Waals surface area contributed by atoms with Crippen molar-refractivity contribution in [3.05, 3.63) is 17.8 Å². The molecule has 1 unspecified atom stereocenters. The minimum Gasteiger partial charge on any atom is -0.391 e. The van der Waals surface area contributed by atoms with Gasteiger partial charge in [0.15, 0.2) is 11.5 Å². The smallest absolute Gasteiger partial charge is 0.269 e. The maximum absolute atomic E-state index is 10.8. The van der Waals surface area contributed by atoms with Crippen molar-refractivity contribution in [1.82, 2.24) is 10.2 Å². The zero-order valence-corrected chi connectivity index (χ0v) is 8.83. The summed E-state index contributed by atoms with van der Waals surface area (Å²) in [6.07, 6.45) is 1.44. The molecular weight excluding hydrogens is 208 g/mol. The highest BCUT2D eigenvalue weighted by Gasteiger charge is 2.19. The Bertz CT molecular complexity index is 379. The minimum absolute atomic E-state index is 0.154. The Morgan fingerprint density at radius 3 is 2.88 bits per heavy atom. The topological polar surface area (TPSA) is 92.3 Å². The van der Waals surface area contributed by atoms with Gasteiger partial charge in [-0.25, -0.2) is 0 Å². The predicted octanol–water partition coefficient (Wildman–Crippen LogP) is -0.463. The highest BCUT2D eigenvalue weighted by molar-refractivity contribution is 5.90. The molecule has 1 atom stereocenters. The molecule has 1 aliphatic rings. The number of anilines is 1. The number of nitrogens with two attached hydrogens (primary N) is 1. The fourth-order valence-electron chi connectivity index (χ4n) is 1.79. The first kappa shape index (κ1) is 10.8. The van der Waals surface area contributed by atoms with E-state index in [4.69, 9.17) is 5.73 Å². The molecule has 6 nitrogen and oxygen atoms in total. The van der Waals surface area contributed by atoms with Crippen LogP contribution < -0.4 is 10.6 Å². The molecule has 0 aromatic carbocycles. The van der Waals surface area contributed by atoms with Gasteiger partial charge in [-0.15, -0.1) is 10.2 Å². The molecule has 1 saturated heterocycles. The average Bonchev–Trinajstić information content (AvgIpc) is 2.29. The Hall–Kier alpha value is -1.69. The second-order valence-corrected chi connectivity index (χ2v) is 3.88. The van der Waals surface area contributed by atoms with E-state index in [9.17, 15) is 9.90 Å². The summed E-state index contributed by atoms with van der Waals surface area (Å²) in [5, 5.41) is 17.2. The molecule has 1 fully saturated rings. The number of aromatic nitrogens is 2. The number of nitrogens with zero attached hydrogens (tertiary/aromatic N) is 3. The first-order valence-electron chi connectivity index (χ1n) is 5.23. The van der Waals surface area contributed by atoms with Gasteiger partial charge in [0, 0.05) is 13.1 Å². The SMILES string of the molecule is NC(=O)c1ccc(N2CCCC(O)C2)nn1. The molecule has 1 aliphatic heterocycles. The molecule has 3 N–H and O–H groups in total. The number of aliphatic hydroxyl groups is 1. The van der Waals surface area contributed by atoms with Crippen LogP contribution >= 0.6 is 0 Å². The van der Waals surface area contributed by atoms with E-state index in [1.54, 1.807) is 12.1 Å². The Morgan fingerprint density at radius 2 is 2.31 bits per heavy atom. The van der Waals surface area contributed by atoms with Gasteiger partial charge < -0.3 is 15.7 Å². The number of aliphatic hydroxyl groups excluding tert-OH is 1. The van der Waals surface area contributed by atoms with Crippen molar-refractivity contribution in [3.63, 3.8) is 0 Å². The van der Waals surface area contributed by atoms with E-state index in [-0.39, 0.29) is 11.8 Å². The lowest BCUT2D eigenvalue weighted by Crippen LogP contribution is -2.38. The van der Waals surface area contributed by atoms with Gasteiger partial charge >= 0.3 is 0 Å². The largest absolute Gasteiger partial charge is 0.391 e. The van der Waals surface area contributed by atoms with Crippen LogP contribution in [0.15, 0.2) is 12.1 Å². The Kier molecular flexibility index (Phi) is 3.00. The predicted molar refractivity (Wildman–Crippen MR) is 58.0 cm³/mol. The van der Waals surface area contributed by atoms with E-state index in [1.165, 1.54) is 0 Å². The molecule has 1 aromatic rings. The molecule has 1 amide bonds. The summed E-state index contributed by atoms with van der Waals surface area (Å²) in [5.74, 6) is 0.0847. The van der Waals surface area contributed by atoms with Crippen LogP contribution in [0.4, 0.5) is 5.82 Å². The first-order valence-corrected chi connectivity index (χ1v) is 5.23. The molecule has 2 rings (SSSR count). The molecule has 0 radical (unpaired) electrons. The van der Waals surface area contributed by atoms with Crippen LogP contribution in [0.25, 0.3) is 0 Å². The van der Waals surface area contributed by atoms with Crippen molar-refractivity contribution in [1.29, 1.82) is 0 Å². The third kappa shape index (κ3) is 2.27. The van der Waals surface area contributed by atoms with Crippen molar-refractivity contribution < 1.29 is 9.90 Å². The number of primary amides is 1. The molecule has 0 saturated carbocycles. The summed E-state index contributed by atoms with van der Waals surface area (Å²) < 4.78 is 0. The summed E-state index contributed by atoms with van der Waals surface area (Å²) in [5.41, 5.74) is 5.22. The quantitative estimate of drug-likeness (QED) is 0.706. The Balaban J connectivity index is 2.11. The highest BCUT2D eigenvalue weighted by Crippen LogP contribution is 2.16. The van der Waals surface area contributed by atoms with Crippen molar-refractivity contribution in [2.75, 3.05) is 18.0 Å². The number of rotatable bonds is 2. The summed E-state index contributed by atoms with van der Waals surface area (Å²) in [6, 6.07) is 3.25. The lowest BCUT2D eigenvalue weighted by Gasteiger charge is -2.30. The maximum atomic E-state index is 10.8. The summed E-state index contributed by atoms with van der Waals surface area (Å²) in [4.78, 5) is 12.8. The van der Waals surface area contributed by atoms with Crippen LogP contribution in [0.2, 0.25) is 0 Å². The highest BCUT2D eigenvalue weighted by atomic mass is 16.3. The van der Waals surface area contributed by atoms with Crippen LogP contribution in [0.3, 0.4) is 0 Å². The maximum Gasteiger partial charge on any atom is 0.269 e. The average molecular weight is 222 g/mol. The zero-order chi connectivity index (χ0) is 11.5. The van der Waals surface area contributed by atoms with E-state index in [2.05, 4.69) is 10.2 Å². The van der Waals surface area contributed by atoms with Gasteiger partial charge in [0.1, 0.15) is 0 Å². The molecule has 0 spiro atoms. The van der Waals surface area contributed by atoms with Crippen LogP contribution in [0.1, 0.15) is 23.3 Å². The van der Waals surface area contributed by atoms with Crippen molar-refractivity contribution in [3.8, 4) is 0 Å². The monoisotopic (exact) mass is 222 g/mol. The molecule has 16 heavy (non-hydrogen) atoms. The number of β-amino-alcohol motifs (C(OH)–C–C–N with tert-alkyl or cyclic N) is 1. The molecule has 0 bridgehead atoms. The van der Waals surface area contributed by atoms with Crippen molar-refractivity contribution >= 4 is 11.7 Å². The molecule has 86 valence electrons. The molecule has 1 aromatic heterocycles. The molecule has 6 heteroatoms. The number of hydrogen-bond acceptors (Lipinski definition) is 5. The minimum atomic E-state index is -0.585. The van der Waals surface area contributed by atoms with Crippen molar-refractivity contribution in [2.24, 2.45) is 5.73 Å². The summed E-state index contributed by atoms with van der Waals surface area (Å²) in [7, 11) is 0. The fraction of sp³-hybridized carbons (Fsp3) is 0.500. The van der Waals surface area contributed by atoms with Gasteiger partial charge in [-0.05, 0) is 25.0 Å². The number of amides is 1. The lowest BCUT2D eigenvalue weighted by molar-refractivity contribution is 0.0994. The zero-order valence-electron chi connectivity index (χ0n) is 8.83. The number of carbonyl (C=O) groups excluding carboxylic acids is 1. The lowest BCUT2D eigenvalue weighted by atomic mass is 10.1. The van der Waals surface area contributed by atoms with E-state index in [1.807, 2.05) is 4.90 Å². The van der Waals surface area contributed by atoms with Crippen LogP contribution in [-0.4, -0.2) is 40.4 Å². The van der Waals surface area contributed by atoms with Gasteiger partial charge in [-0.3, -0.25) is 4.79 Å². The third-order valence-corrected chi connectivity index (χ3v) is 2.62. The van der Waals surface area contributed by atoms with Crippen LogP contribution in [0, 0.1) is 0 Å². The fourth-order valence-corrected chi connectivity index (χ4v) is 1.79. The molecular formula is C10H14N4O2. The van der Waals surface area contributed by atoms with E-state index in [0.717, 1.165) is 19.4 Å². The third-order valence-electron chi connectivity index (χ3n) is 2.62. The molecule has 0 aliphatic carbocycles. The van der Waals surface area contributed by atoms with Gasteiger partial charge in [0.05, 0.1) is 6.10 Å². The number of hydrogen-bond donors (Lipinski definition) is 2. The normalized spacial score (nSPS) is 20.8. The first-order chi connectivity index (χ1) is 7.66. The second-order valence-electron chi connectivity index (χ2n) is 3.88. The van der Waals surface area contributed by atoms with E-state index < -0.39 is 5.91 Å². The standard InChI is InChI=1S/C10H14N4O2/c11-10(16)8-3-4-9(13-12-8)14-5-1-2-7(15)6-14/h3-4,7,15H,1-2,5-6H2,(H2,11,16). The van der Waals surface area contributed by atoms with Gasteiger partial charge in [0.2, 0.25) is 0 Å². The van der Waals surface area contributed by atoms with Gasteiger partial charge in [-0.1, -0.05) is 0 Å². The van der Waals surface area contributed by atoms with E-state index >= 15 is 0 Å². The number of carbonyl (C=O) groups is 1. The molecule has 2 heterocycles. The van der Waals surface area contributed by atoms with E-state index in [0.29, 0.717) is 12.4 Å². The van der Waals surface area contributed by atoms with Crippen LogP contribution in [0.5, 0.6) is 0 Å². The van der Waals surface area contributed by atoms with Gasteiger partial charge in [0.25, 0.3) is 5.91 Å². The summed E-state index contributed by atoms with van der Waals surface area (Å²) in [6.45, 7) is 1.41. The number of piperidine rings is 1. The summed E-state index contributed by atoms with van der Waals surface area (Å²) >= 11 is 0. The van der Waals surface area contributed by atoms with Gasteiger partial charge in [-0.2, -0.15) is 0 Å². The van der Waals surface area contributed by atoms with Crippen molar-refractivity contribution in [2.45, 2.75) is 18.9 Å². The van der Waals surface area contributed by atoms with Crippen LogP contribution in [-0.2, 0) is 0 Å². The second kappa shape index (κ2) is 4.44.